The van der Waals surface area contributed by atoms with Crippen LogP contribution in [0.2, 0.25) is 0 Å². The Balaban J connectivity index is 1.67. The Hall–Kier alpha value is -2.56. The number of ether oxygens (including phenoxy) is 1. The molecule has 2 heterocycles. The lowest BCUT2D eigenvalue weighted by Crippen LogP contribution is -2.50. The summed E-state index contributed by atoms with van der Waals surface area (Å²) in [7, 11) is -3.94. The predicted octanol–water partition coefficient (Wildman–Crippen LogP) is 3.72. The van der Waals surface area contributed by atoms with Crippen LogP contribution in [0.25, 0.3) is 0 Å². The van der Waals surface area contributed by atoms with E-state index in [1.54, 1.807) is 11.4 Å². The zero-order valence-corrected chi connectivity index (χ0v) is 19.9. The van der Waals surface area contributed by atoms with Crippen molar-refractivity contribution in [3.8, 4) is 5.75 Å². The summed E-state index contributed by atoms with van der Waals surface area (Å²) < 4.78 is 33.8. The number of esters is 1. The molecular weight excluding hydrogens is 464 g/mol. The molecule has 1 aromatic heterocycles. The molecular formula is C23H26N2O6S2. The number of anilines is 1. The predicted molar refractivity (Wildman–Crippen MR) is 123 cm³/mol. The third kappa shape index (κ3) is 4.87. The summed E-state index contributed by atoms with van der Waals surface area (Å²) in [6, 6.07) is 7.82. The van der Waals surface area contributed by atoms with Crippen LogP contribution in [-0.2, 0) is 24.4 Å². The van der Waals surface area contributed by atoms with E-state index in [1.807, 2.05) is 0 Å². The highest BCUT2D eigenvalue weighted by molar-refractivity contribution is 7.91. The molecule has 2 fully saturated rings. The Morgan fingerprint density at radius 1 is 1.06 bits per heavy atom. The Morgan fingerprint density at radius 3 is 2.30 bits per heavy atom. The normalized spacial score (nSPS) is 20.3. The fraction of sp³-hybridized carbons (Fsp3) is 0.435. The number of carbonyl (C=O) groups is 3. The second-order valence-corrected chi connectivity index (χ2v) is 11.3. The molecule has 33 heavy (non-hydrogen) atoms. The summed E-state index contributed by atoms with van der Waals surface area (Å²) in [4.78, 5) is 38.6. The van der Waals surface area contributed by atoms with Gasteiger partial charge < -0.3 is 4.74 Å². The monoisotopic (exact) mass is 490 g/mol. The average Bonchev–Trinajstić information content (AvgIpc) is 3.31. The first-order valence-electron chi connectivity index (χ1n) is 11.0. The highest BCUT2D eigenvalue weighted by Gasteiger charge is 2.49. The molecule has 2 amide bonds. The van der Waals surface area contributed by atoms with Gasteiger partial charge in [0.05, 0.1) is 12.1 Å². The maximum atomic E-state index is 13.6. The first-order chi connectivity index (χ1) is 15.8. The van der Waals surface area contributed by atoms with Gasteiger partial charge >= 0.3 is 5.97 Å². The molecule has 1 aliphatic heterocycles. The maximum absolute atomic E-state index is 13.6. The molecule has 1 saturated carbocycles. The van der Waals surface area contributed by atoms with E-state index in [2.05, 4.69) is 0 Å². The minimum Gasteiger partial charge on any atom is -0.427 e. The number of imide groups is 1. The molecule has 0 N–H and O–H groups in total. The number of thiophene rings is 1. The smallest absolute Gasteiger partial charge is 0.308 e. The van der Waals surface area contributed by atoms with Gasteiger partial charge in [0.2, 0.25) is 5.91 Å². The summed E-state index contributed by atoms with van der Waals surface area (Å²) in [5, 5.41) is 1.69. The molecule has 2 aromatic rings. The maximum Gasteiger partial charge on any atom is 0.308 e. The molecule has 0 spiro atoms. The van der Waals surface area contributed by atoms with Gasteiger partial charge in [0.15, 0.2) is 0 Å². The largest absolute Gasteiger partial charge is 0.427 e. The highest BCUT2D eigenvalue weighted by Crippen LogP contribution is 2.36. The Labute approximate surface area is 197 Å². The molecule has 1 unspecified atom stereocenters. The summed E-state index contributed by atoms with van der Waals surface area (Å²) in [5.41, 5.74) is 0.317. The van der Waals surface area contributed by atoms with Crippen molar-refractivity contribution in [1.82, 2.24) is 4.31 Å². The summed E-state index contributed by atoms with van der Waals surface area (Å²) in [6.07, 6.45) is 4.96. The van der Waals surface area contributed by atoms with Gasteiger partial charge in [-0.1, -0.05) is 31.7 Å². The number of rotatable bonds is 6. The number of sulfonamides is 1. The molecule has 1 atom stereocenters. The zero-order valence-electron chi connectivity index (χ0n) is 18.3. The van der Waals surface area contributed by atoms with Gasteiger partial charge in [-0.3, -0.25) is 14.4 Å². The number of hydrogen-bond donors (Lipinski definition) is 0. The van der Waals surface area contributed by atoms with Gasteiger partial charge in [0.1, 0.15) is 16.0 Å². The van der Waals surface area contributed by atoms with Gasteiger partial charge in [0, 0.05) is 13.0 Å². The van der Waals surface area contributed by atoms with E-state index in [4.69, 9.17) is 4.74 Å². The van der Waals surface area contributed by atoms with Crippen molar-refractivity contribution in [1.29, 1.82) is 0 Å². The van der Waals surface area contributed by atoms with Crippen molar-refractivity contribution in [3.05, 3.63) is 41.8 Å². The molecule has 1 aliphatic carbocycles. The van der Waals surface area contributed by atoms with Crippen LogP contribution in [0.1, 0.15) is 51.9 Å². The summed E-state index contributed by atoms with van der Waals surface area (Å²) in [6.45, 7) is 1.28. The van der Waals surface area contributed by atoms with E-state index in [9.17, 15) is 22.8 Å². The van der Waals surface area contributed by atoms with Crippen LogP contribution in [0.4, 0.5) is 5.69 Å². The molecule has 1 aromatic carbocycles. The van der Waals surface area contributed by atoms with Gasteiger partial charge in [-0.25, -0.2) is 13.3 Å². The quantitative estimate of drug-likeness (QED) is 0.265. The van der Waals surface area contributed by atoms with Crippen LogP contribution < -0.4 is 9.64 Å². The Morgan fingerprint density at radius 2 is 1.73 bits per heavy atom. The Bertz CT molecular complexity index is 1120. The van der Waals surface area contributed by atoms with Crippen molar-refractivity contribution in [2.45, 2.75) is 68.2 Å². The number of amides is 2. The van der Waals surface area contributed by atoms with E-state index in [1.165, 1.54) is 41.6 Å². The van der Waals surface area contributed by atoms with Crippen LogP contribution in [-0.4, -0.2) is 42.6 Å². The molecule has 0 radical (unpaired) electrons. The van der Waals surface area contributed by atoms with Gasteiger partial charge in [0.25, 0.3) is 15.9 Å². The van der Waals surface area contributed by atoms with Crippen LogP contribution in [0, 0.1) is 0 Å². The van der Waals surface area contributed by atoms with Crippen LogP contribution in [0.15, 0.2) is 46.0 Å². The second kappa shape index (κ2) is 9.74. The lowest BCUT2D eigenvalue weighted by atomic mass is 10.1. The standard InChI is InChI=1S/C23H26N2O6S2/c1-16(26)31-19-12-10-17(11-13-19)24-21(27)15-20(23(24)28)25(18-7-4-2-3-5-8-18)33(29,30)22-9-6-14-32-22/h6,9-14,18,20H,2-5,7-8,15H2,1H3. The van der Waals surface area contributed by atoms with Gasteiger partial charge in [-0.15, -0.1) is 11.3 Å². The van der Waals surface area contributed by atoms with E-state index < -0.39 is 33.8 Å². The SMILES string of the molecule is CC(=O)Oc1ccc(N2C(=O)CC(N(C3CCCCCC3)S(=O)(=O)c3cccs3)C2=O)cc1. The third-order valence-electron chi connectivity index (χ3n) is 6.00. The van der Waals surface area contributed by atoms with E-state index in [0.29, 0.717) is 24.3 Å². The first-order valence-corrected chi connectivity index (χ1v) is 13.3. The third-order valence-corrected chi connectivity index (χ3v) is 9.33. The topological polar surface area (TPSA) is 101 Å². The molecule has 0 bridgehead atoms. The Kier molecular flexibility index (Phi) is 6.96. The zero-order chi connectivity index (χ0) is 23.6. The van der Waals surface area contributed by atoms with Crippen molar-refractivity contribution in [2.24, 2.45) is 0 Å². The molecule has 2 aliphatic rings. The molecule has 1 saturated heterocycles. The number of carbonyl (C=O) groups excluding carboxylic acids is 3. The average molecular weight is 491 g/mol. The van der Waals surface area contributed by atoms with Gasteiger partial charge in [-0.2, -0.15) is 4.31 Å². The molecule has 8 nitrogen and oxygen atoms in total. The summed E-state index contributed by atoms with van der Waals surface area (Å²) >= 11 is 1.11. The molecule has 10 heteroatoms. The van der Waals surface area contributed by atoms with Crippen molar-refractivity contribution in [2.75, 3.05) is 4.90 Å². The van der Waals surface area contributed by atoms with E-state index in [0.717, 1.165) is 41.9 Å². The fourth-order valence-electron chi connectivity index (χ4n) is 4.56. The molecule has 176 valence electrons. The van der Waals surface area contributed by atoms with Gasteiger partial charge in [-0.05, 0) is 48.6 Å². The fourth-order valence-corrected chi connectivity index (χ4v) is 7.48. The second-order valence-electron chi connectivity index (χ2n) is 8.29. The highest BCUT2D eigenvalue weighted by atomic mass is 32.2. The lowest BCUT2D eigenvalue weighted by Gasteiger charge is -2.33. The van der Waals surface area contributed by atoms with Crippen LogP contribution >= 0.6 is 11.3 Å². The number of hydrogen-bond acceptors (Lipinski definition) is 7. The first kappa shape index (κ1) is 23.6. The minimum atomic E-state index is -3.94. The molecule has 4 rings (SSSR count). The van der Waals surface area contributed by atoms with Crippen LogP contribution in [0.3, 0.4) is 0 Å². The number of benzene rings is 1. The van der Waals surface area contributed by atoms with Crippen molar-refractivity contribution < 1.29 is 27.5 Å². The van der Waals surface area contributed by atoms with E-state index >= 15 is 0 Å². The van der Waals surface area contributed by atoms with Crippen molar-refractivity contribution in [3.63, 3.8) is 0 Å². The van der Waals surface area contributed by atoms with E-state index in [-0.39, 0.29) is 16.7 Å². The lowest BCUT2D eigenvalue weighted by molar-refractivity contribution is -0.132. The minimum absolute atomic E-state index is 0.177. The van der Waals surface area contributed by atoms with Crippen molar-refractivity contribution >= 4 is 44.8 Å². The van der Waals surface area contributed by atoms with Crippen LogP contribution in [0.5, 0.6) is 5.75 Å². The summed E-state index contributed by atoms with van der Waals surface area (Å²) in [5.74, 6) is -1.19. The number of nitrogens with zero attached hydrogens (tertiary/aromatic N) is 2.